The molecule has 0 unspecified atom stereocenters. The molecule has 4 saturated heterocycles. The maximum atomic E-state index is 14.5. The van der Waals surface area contributed by atoms with Crippen LogP contribution in [-0.4, -0.2) is 128 Å². The average Bonchev–Trinajstić information content (AvgIpc) is 3.61. The molecule has 1 spiro atoms. The second-order valence-electron chi connectivity index (χ2n) is 14.4. The summed E-state index contributed by atoms with van der Waals surface area (Å²) in [5, 5.41) is 0. The SMILES string of the molecule is CCN(CC)S(=O)(=O)N[C@@H]1CC[C@@H](CN2CCC3(CC2)CN(c2ncncc2Oc2ccc(F)cc2C(=O)N(C(C)C)[C@@H]2CCOC2)C3)OC1. The van der Waals surface area contributed by atoms with E-state index in [-0.39, 0.29) is 46.9 Å². The predicted octanol–water partition coefficient (Wildman–Crippen LogP) is 3.67. The summed E-state index contributed by atoms with van der Waals surface area (Å²) in [7, 11) is -3.50. The number of carbonyl (C=O) groups excluding carboxylic acids is 1. The van der Waals surface area contributed by atoms with Gasteiger partial charge in [0.25, 0.3) is 16.1 Å². The van der Waals surface area contributed by atoms with E-state index in [1.165, 1.54) is 28.8 Å². The molecule has 2 aromatic rings. The molecular weight excluding hydrogens is 665 g/mol. The molecule has 4 aliphatic rings. The molecule has 4 aliphatic heterocycles. The number of piperidine rings is 1. The Labute approximate surface area is 295 Å². The molecule has 0 saturated carbocycles. The second-order valence-corrected chi connectivity index (χ2v) is 16.1. The van der Waals surface area contributed by atoms with Gasteiger partial charge >= 0.3 is 0 Å². The van der Waals surface area contributed by atoms with Crippen molar-refractivity contribution in [2.75, 3.05) is 70.5 Å². The number of halogens is 1. The number of hydrogen-bond acceptors (Lipinski definition) is 10. The molecule has 6 rings (SSSR count). The Balaban J connectivity index is 1.02. The number of amides is 1. The molecule has 1 amide bonds. The number of carbonyl (C=O) groups is 1. The number of ether oxygens (including phenoxy) is 3. The summed E-state index contributed by atoms with van der Waals surface area (Å²) >= 11 is 0. The van der Waals surface area contributed by atoms with Crippen LogP contribution in [0.4, 0.5) is 10.2 Å². The summed E-state index contributed by atoms with van der Waals surface area (Å²) in [5.74, 6) is 0.537. The van der Waals surface area contributed by atoms with Crippen molar-refractivity contribution in [2.24, 2.45) is 5.41 Å². The number of rotatable bonds is 13. The number of benzene rings is 1. The topological polar surface area (TPSA) is 130 Å². The molecule has 0 bridgehead atoms. The largest absolute Gasteiger partial charge is 0.451 e. The molecule has 50 heavy (non-hydrogen) atoms. The highest BCUT2D eigenvalue weighted by Crippen LogP contribution is 2.45. The summed E-state index contributed by atoms with van der Waals surface area (Å²) in [6, 6.07) is 3.66. The van der Waals surface area contributed by atoms with Gasteiger partial charge in [-0.25, -0.2) is 14.4 Å². The van der Waals surface area contributed by atoms with E-state index in [0.717, 1.165) is 64.8 Å². The Morgan fingerprint density at radius 1 is 1.12 bits per heavy atom. The zero-order valence-electron chi connectivity index (χ0n) is 29.7. The number of nitrogens with one attached hydrogen (secondary N) is 1. The van der Waals surface area contributed by atoms with Crippen molar-refractivity contribution in [3.63, 3.8) is 0 Å². The highest BCUT2D eigenvalue weighted by Gasteiger charge is 2.46. The van der Waals surface area contributed by atoms with Crippen molar-refractivity contribution >= 4 is 21.9 Å². The van der Waals surface area contributed by atoms with E-state index >= 15 is 0 Å². The lowest BCUT2D eigenvalue weighted by Gasteiger charge is -2.54. The van der Waals surface area contributed by atoms with Gasteiger partial charge in [0.2, 0.25) is 0 Å². The lowest BCUT2D eigenvalue weighted by atomic mass is 9.72. The number of aromatic nitrogens is 2. The van der Waals surface area contributed by atoms with Crippen molar-refractivity contribution in [1.82, 2.24) is 28.8 Å². The summed E-state index contributed by atoms with van der Waals surface area (Å²) in [5.41, 5.74) is 0.337. The Morgan fingerprint density at radius 2 is 1.88 bits per heavy atom. The van der Waals surface area contributed by atoms with Gasteiger partial charge in [0.1, 0.15) is 17.9 Å². The van der Waals surface area contributed by atoms with Gasteiger partial charge in [0.05, 0.1) is 37.1 Å². The standard InChI is InChI=1S/C35H52FN7O6S/c1-5-42(6-2)50(45,46)39-27-8-9-29(48-20-27)19-40-14-12-35(13-15-40)22-41(23-35)33-32(18-37-24-38-33)49-31-10-7-26(36)17-30(31)34(44)43(25(3)4)28-11-16-47-21-28/h7,10,17-18,24-25,27-29,39H,5-6,8-9,11-16,19-23H2,1-4H3/t27-,28-,29+/m1/s1. The molecular formula is C35H52FN7O6S. The van der Waals surface area contributed by atoms with Crippen LogP contribution >= 0.6 is 0 Å². The number of nitrogens with zero attached hydrogens (tertiary/aromatic N) is 6. The van der Waals surface area contributed by atoms with E-state index in [1.807, 2.05) is 27.7 Å². The highest BCUT2D eigenvalue weighted by atomic mass is 32.2. The van der Waals surface area contributed by atoms with Crippen LogP contribution in [0.15, 0.2) is 30.7 Å². The first-order chi connectivity index (χ1) is 24.0. The molecule has 3 atom stereocenters. The van der Waals surface area contributed by atoms with Gasteiger partial charge in [-0.2, -0.15) is 17.4 Å². The molecule has 276 valence electrons. The fourth-order valence-corrected chi connectivity index (χ4v) is 9.25. The van der Waals surface area contributed by atoms with Crippen molar-refractivity contribution in [3.8, 4) is 11.5 Å². The zero-order chi connectivity index (χ0) is 35.5. The Bertz CT molecular complexity index is 1560. The van der Waals surface area contributed by atoms with Gasteiger partial charge in [-0.1, -0.05) is 13.8 Å². The van der Waals surface area contributed by atoms with Crippen LogP contribution in [0.5, 0.6) is 11.5 Å². The summed E-state index contributed by atoms with van der Waals surface area (Å²) in [6.07, 6.45) is 7.62. The molecule has 1 N–H and O–H groups in total. The lowest BCUT2D eigenvalue weighted by molar-refractivity contribution is -0.0301. The third kappa shape index (κ3) is 8.23. The van der Waals surface area contributed by atoms with Crippen LogP contribution in [0.3, 0.4) is 0 Å². The molecule has 4 fully saturated rings. The summed E-state index contributed by atoms with van der Waals surface area (Å²) in [6.45, 7) is 14.4. The maximum Gasteiger partial charge on any atom is 0.279 e. The first kappa shape index (κ1) is 36.8. The van der Waals surface area contributed by atoms with Crippen molar-refractivity contribution in [2.45, 2.75) is 84.0 Å². The van der Waals surface area contributed by atoms with Gasteiger partial charge in [0, 0.05) is 56.8 Å². The fourth-order valence-electron chi connectivity index (χ4n) is 7.82. The summed E-state index contributed by atoms with van der Waals surface area (Å²) < 4.78 is 62.0. The normalized spacial score (nSPS) is 24.1. The van der Waals surface area contributed by atoms with E-state index in [2.05, 4.69) is 24.5 Å². The minimum Gasteiger partial charge on any atom is -0.451 e. The van der Waals surface area contributed by atoms with Crippen LogP contribution in [0.25, 0.3) is 0 Å². The Kier molecular flexibility index (Phi) is 11.6. The summed E-state index contributed by atoms with van der Waals surface area (Å²) in [4.78, 5) is 29.0. The van der Waals surface area contributed by atoms with Crippen molar-refractivity contribution < 1.29 is 31.8 Å². The molecule has 5 heterocycles. The lowest BCUT2D eigenvalue weighted by Crippen LogP contribution is -2.61. The first-order valence-corrected chi connectivity index (χ1v) is 19.5. The third-order valence-corrected chi connectivity index (χ3v) is 12.4. The van der Waals surface area contributed by atoms with Crippen LogP contribution in [-0.2, 0) is 19.7 Å². The van der Waals surface area contributed by atoms with E-state index in [9.17, 15) is 17.6 Å². The van der Waals surface area contributed by atoms with E-state index < -0.39 is 16.0 Å². The van der Waals surface area contributed by atoms with Crippen molar-refractivity contribution in [1.29, 1.82) is 0 Å². The molecule has 1 aromatic carbocycles. The smallest absolute Gasteiger partial charge is 0.279 e. The maximum absolute atomic E-state index is 14.5. The zero-order valence-corrected chi connectivity index (χ0v) is 30.5. The molecule has 15 heteroatoms. The van der Waals surface area contributed by atoms with Crippen LogP contribution < -0.4 is 14.4 Å². The predicted molar refractivity (Wildman–Crippen MR) is 187 cm³/mol. The minimum absolute atomic E-state index is 0.0773. The van der Waals surface area contributed by atoms with E-state index in [4.69, 9.17) is 14.2 Å². The number of hydrogen-bond donors (Lipinski definition) is 1. The highest BCUT2D eigenvalue weighted by molar-refractivity contribution is 7.87. The fraction of sp³-hybridized carbons (Fsp3) is 0.686. The van der Waals surface area contributed by atoms with Crippen molar-refractivity contribution in [3.05, 3.63) is 42.1 Å². The molecule has 0 aliphatic carbocycles. The number of anilines is 1. The molecule has 1 aromatic heterocycles. The van der Waals surface area contributed by atoms with Crippen LogP contribution in [0.1, 0.15) is 70.2 Å². The molecule has 0 radical (unpaired) electrons. The van der Waals surface area contributed by atoms with Gasteiger partial charge in [-0.05, 0) is 77.2 Å². The van der Waals surface area contributed by atoms with Gasteiger partial charge in [-0.15, -0.1) is 0 Å². The van der Waals surface area contributed by atoms with Crippen LogP contribution in [0.2, 0.25) is 0 Å². The Hall–Kier alpha value is -2.95. The quantitative estimate of drug-likeness (QED) is 0.328. The van der Waals surface area contributed by atoms with E-state index in [0.29, 0.717) is 44.5 Å². The first-order valence-electron chi connectivity index (χ1n) is 18.0. The second kappa shape index (κ2) is 15.7. The average molecular weight is 718 g/mol. The number of likely N-dealkylation sites (tertiary alicyclic amines) is 1. The monoisotopic (exact) mass is 717 g/mol. The van der Waals surface area contributed by atoms with E-state index in [1.54, 1.807) is 11.1 Å². The van der Waals surface area contributed by atoms with Gasteiger partial charge in [0.15, 0.2) is 11.6 Å². The third-order valence-electron chi connectivity index (χ3n) is 10.6. The Morgan fingerprint density at radius 3 is 2.52 bits per heavy atom. The minimum atomic E-state index is -3.50. The van der Waals surface area contributed by atoms with Gasteiger partial charge < -0.3 is 28.9 Å². The van der Waals surface area contributed by atoms with Crippen LogP contribution in [0, 0.1) is 11.2 Å². The van der Waals surface area contributed by atoms with Gasteiger partial charge in [-0.3, -0.25) is 4.79 Å². The molecule has 13 nitrogen and oxygen atoms in total.